The van der Waals surface area contributed by atoms with E-state index in [1.165, 1.54) is 13.2 Å². The molecular formula is C27H21ClN2O6. The molecule has 0 radical (unpaired) electrons. The van der Waals surface area contributed by atoms with E-state index in [-0.39, 0.29) is 28.7 Å². The fourth-order valence-electron chi connectivity index (χ4n) is 4.11. The first kappa shape index (κ1) is 23.3. The largest absolute Gasteiger partial charge is 0.504 e. The number of ether oxygens (including phenoxy) is 2. The lowest BCUT2D eigenvalue weighted by molar-refractivity contribution is -0.110. The van der Waals surface area contributed by atoms with Gasteiger partial charge in [0.05, 0.1) is 36.1 Å². The van der Waals surface area contributed by atoms with Crippen molar-refractivity contribution in [2.45, 2.75) is 6.92 Å². The fourth-order valence-corrected chi connectivity index (χ4v) is 4.38. The Morgan fingerprint density at radius 1 is 1.06 bits per heavy atom. The number of para-hydroxylation sites is 1. The number of benzene rings is 3. The summed E-state index contributed by atoms with van der Waals surface area (Å²) in [6.45, 7) is 2.18. The molecule has 1 amide bonds. The summed E-state index contributed by atoms with van der Waals surface area (Å²) in [7, 11) is 1.50. The van der Waals surface area contributed by atoms with Crippen LogP contribution in [0.3, 0.4) is 0 Å². The molecule has 1 aromatic heterocycles. The van der Waals surface area contributed by atoms with Crippen molar-refractivity contribution in [3.05, 3.63) is 77.0 Å². The van der Waals surface area contributed by atoms with Crippen LogP contribution >= 0.6 is 11.6 Å². The minimum atomic E-state index is -0.492. The van der Waals surface area contributed by atoms with Crippen molar-refractivity contribution in [3.63, 3.8) is 0 Å². The second kappa shape index (κ2) is 9.31. The number of aliphatic hydroxyl groups excluding tert-OH is 1. The highest BCUT2D eigenvalue weighted by atomic mass is 35.5. The summed E-state index contributed by atoms with van der Waals surface area (Å²) >= 11 is 6.56. The lowest BCUT2D eigenvalue weighted by Gasteiger charge is -2.11. The van der Waals surface area contributed by atoms with Crippen molar-refractivity contribution in [2.75, 3.05) is 19.0 Å². The number of hydrogen-bond donors (Lipinski definition) is 3. The predicted octanol–water partition coefficient (Wildman–Crippen LogP) is 6.15. The number of fused-ring (bicyclic) bond motifs is 1. The van der Waals surface area contributed by atoms with Gasteiger partial charge in [0.25, 0.3) is 11.8 Å². The number of halogens is 1. The number of aromatic nitrogens is 1. The highest BCUT2D eigenvalue weighted by Crippen LogP contribution is 2.43. The van der Waals surface area contributed by atoms with Gasteiger partial charge in [-0.25, -0.2) is 0 Å². The fraction of sp³-hybridized carbons (Fsp3) is 0.111. The molecule has 0 unspecified atom stereocenters. The van der Waals surface area contributed by atoms with Crippen LogP contribution in [0.4, 0.5) is 5.69 Å². The maximum absolute atomic E-state index is 12.7. The highest BCUT2D eigenvalue weighted by Gasteiger charge is 2.31. The van der Waals surface area contributed by atoms with Crippen molar-refractivity contribution in [1.29, 1.82) is 0 Å². The van der Waals surface area contributed by atoms with Crippen LogP contribution in [-0.4, -0.2) is 35.0 Å². The smallest absolute Gasteiger partial charge is 0.260 e. The standard InChI is InChI=1S/C27H21ClN2O6/c1-3-35-23-13-22(36-30-23)26(32)24-18-11-17(19(28)12-20(18)29-27(24)33)15-9-7-14(8-10-15)16-5-4-6-21(34-2)25(16)31/h4-13,31-32H,3H2,1-2H3,(H,29,33). The van der Waals surface area contributed by atoms with Crippen LogP contribution < -0.4 is 14.8 Å². The molecule has 1 aliphatic heterocycles. The Morgan fingerprint density at radius 3 is 2.47 bits per heavy atom. The average molecular weight is 505 g/mol. The Kier molecular flexibility index (Phi) is 6.03. The van der Waals surface area contributed by atoms with Gasteiger partial charge in [-0.1, -0.05) is 48.0 Å². The molecule has 0 spiro atoms. The Labute approximate surface area is 211 Å². The molecule has 8 nitrogen and oxygen atoms in total. The summed E-state index contributed by atoms with van der Waals surface area (Å²) in [6.07, 6.45) is 0. The van der Waals surface area contributed by atoms with Gasteiger partial charge in [0, 0.05) is 16.7 Å². The van der Waals surface area contributed by atoms with E-state index in [4.69, 9.17) is 25.6 Å². The van der Waals surface area contributed by atoms with Crippen LogP contribution in [0, 0.1) is 0 Å². The van der Waals surface area contributed by atoms with Gasteiger partial charge in [0.1, 0.15) is 0 Å². The molecule has 0 bridgehead atoms. The Bertz CT molecular complexity index is 1510. The van der Waals surface area contributed by atoms with Crippen LogP contribution in [-0.2, 0) is 4.79 Å². The number of carbonyl (C=O) groups excluding carboxylic acids is 1. The van der Waals surface area contributed by atoms with Crippen LogP contribution in [0.15, 0.2) is 65.2 Å². The maximum Gasteiger partial charge on any atom is 0.260 e. The van der Waals surface area contributed by atoms with E-state index in [9.17, 15) is 15.0 Å². The Morgan fingerprint density at radius 2 is 1.78 bits per heavy atom. The third-order valence-corrected chi connectivity index (χ3v) is 6.14. The summed E-state index contributed by atoms with van der Waals surface area (Å²) < 4.78 is 15.6. The molecule has 3 N–H and O–H groups in total. The number of carbonyl (C=O) groups is 1. The monoisotopic (exact) mass is 504 g/mol. The van der Waals surface area contributed by atoms with Gasteiger partial charge in [-0.05, 0) is 41.4 Å². The minimum Gasteiger partial charge on any atom is -0.504 e. The van der Waals surface area contributed by atoms with Gasteiger partial charge in [-0.3, -0.25) is 4.79 Å². The molecule has 3 aromatic carbocycles. The minimum absolute atomic E-state index is 0.00963. The van der Waals surface area contributed by atoms with E-state index in [1.54, 1.807) is 37.3 Å². The molecule has 36 heavy (non-hydrogen) atoms. The zero-order valence-corrected chi connectivity index (χ0v) is 20.1. The first-order chi connectivity index (χ1) is 17.4. The molecular weight excluding hydrogens is 484 g/mol. The van der Waals surface area contributed by atoms with Crippen LogP contribution in [0.5, 0.6) is 17.4 Å². The number of nitrogens with one attached hydrogen (secondary N) is 1. The first-order valence-electron chi connectivity index (χ1n) is 11.1. The number of hydrogen-bond acceptors (Lipinski definition) is 7. The van der Waals surface area contributed by atoms with Crippen molar-refractivity contribution >= 4 is 34.5 Å². The number of methoxy groups -OCH3 is 1. The molecule has 0 aliphatic carbocycles. The van der Waals surface area contributed by atoms with E-state index >= 15 is 0 Å². The van der Waals surface area contributed by atoms with Crippen molar-refractivity contribution in [1.82, 2.24) is 5.16 Å². The molecule has 182 valence electrons. The second-order valence-corrected chi connectivity index (χ2v) is 8.36. The maximum atomic E-state index is 12.7. The summed E-state index contributed by atoms with van der Waals surface area (Å²) in [5.74, 6) is -0.198. The van der Waals surface area contributed by atoms with Gasteiger partial charge in [0.2, 0.25) is 5.76 Å². The molecule has 0 saturated heterocycles. The third kappa shape index (κ3) is 4.01. The number of phenols is 1. The zero-order chi connectivity index (χ0) is 25.4. The summed E-state index contributed by atoms with van der Waals surface area (Å²) in [6, 6.07) is 17.5. The van der Waals surface area contributed by atoms with Gasteiger partial charge in [-0.2, -0.15) is 0 Å². The molecule has 0 atom stereocenters. The topological polar surface area (TPSA) is 114 Å². The average Bonchev–Trinajstić information content (AvgIpc) is 3.47. The molecule has 2 heterocycles. The number of rotatable bonds is 6. The number of aromatic hydroxyl groups is 1. The molecule has 4 aromatic rings. The van der Waals surface area contributed by atoms with Gasteiger partial charge < -0.3 is 29.5 Å². The first-order valence-corrected chi connectivity index (χ1v) is 11.4. The van der Waals surface area contributed by atoms with Crippen molar-refractivity contribution in [2.24, 2.45) is 0 Å². The Hall–Kier alpha value is -4.43. The predicted molar refractivity (Wildman–Crippen MR) is 136 cm³/mol. The van der Waals surface area contributed by atoms with E-state index in [1.807, 2.05) is 24.3 Å². The van der Waals surface area contributed by atoms with E-state index in [0.29, 0.717) is 39.8 Å². The summed E-state index contributed by atoms with van der Waals surface area (Å²) in [4.78, 5) is 12.7. The lowest BCUT2D eigenvalue weighted by Crippen LogP contribution is -2.05. The molecule has 1 aliphatic rings. The SMILES string of the molecule is CCOc1cc(C(O)=C2C(=O)Nc3cc(Cl)c(-c4ccc(-c5cccc(OC)c5O)cc4)cc32)on1. The normalized spacial score (nSPS) is 13.8. The number of phenolic OH excluding ortho intramolecular Hbond substituents is 1. The van der Waals surface area contributed by atoms with Gasteiger partial charge in [-0.15, -0.1) is 0 Å². The lowest BCUT2D eigenvalue weighted by atomic mass is 9.96. The van der Waals surface area contributed by atoms with E-state index in [2.05, 4.69) is 10.5 Å². The van der Waals surface area contributed by atoms with Crippen molar-refractivity contribution in [3.8, 4) is 39.6 Å². The number of nitrogens with zero attached hydrogens (tertiary/aromatic N) is 1. The molecule has 0 saturated carbocycles. The number of anilines is 1. The molecule has 9 heteroatoms. The van der Waals surface area contributed by atoms with Crippen LogP contribution in [0.25, 0.3) is 33.6 Å². The number of aliphatic hydroxyl groups is 1. The summed E-state index contributed by atoms with van der Waals surface area (Å²) in [5.41, 5.74) is 3.84. The van der Waals surface area contributed by atoms with E-state index in [0.717, 1.165) is 11.1 Å². The highest BCUT2D eigenvalue weighted by molar-refractivity contribution is 6.38. The zero-order valence-electron chi connectivity index (χ0n) is 19.3. The van der Waals surface area contributed by atoms with Crippen molar-refractivity contribution < 1.29 is 29.0 Å². The van der Waals surface area contributed by atoms with E-state index < -0.39 is 5.91 Å². The summed E-state index contributed by atoms with van der Waals surface area (Å²) in [5, 5.41) is 28.2. The van der Waals surface area contributed by atoms with Gasteiger partial charge >= 0.3 is 0 Å². The Balaban J connectivity index is 1.54. The van der Waals surface area contributed by atoms with Crippen LogP contribution in [0.1, 0.15) is 18.2 Å². The number of amides is 1. The van der Waals surface area contributed by atoms with Crippen LogP contribution in [0.2, 0.25) is 5.02 Å². The quantitative estimate of drug-likeness (QED) is 0.213. The second-order valence-electron chi connectivity index (χ2n) is 7.95. The third-order valence-electron chi connectivity index (χ3n) is 5.83. The van der Waals surface area contributed by atoms with Gasteiger partial charge in [0.15, 0.2) is 17.3 Å². The molecule has 0 fully saturated rings. The molecule has 5 rings (SSSR count).